The highest BCUT2D eigenvalue weighted by Crippen LogP contribution is 2.26. The number of benzene rings is 1. The van der Waals surface area contributed by atoms with Crippen LogP contribution >= 0.6 is 0 Å². The summed E-state index contributed by atoms with van der Waals surface area (Å²) in [6.07, 6.45) is -2.34. The smallest absolute Gasteiger partial charge is 0.406 e. The van der Waals surface area contributed by atoms with E-state index in [0.29, 0.717) is 5.56 Å². The van der Waals surface area contributed by atoms with Gasteiger partial charge in [-0.2, -0.15) is 0 Å². The third-order valence-corrected chi connectivity index (χ3v) is 2.61. The predicted molar refractivity (Wildman–Crippen MR) is 63.4 cm³/mol. The third-order valence-electron chi connectivity index (χ3n) is 2.61. The molecule has 106 valence electrons. The van der Waals surface area contributed by atoms with E-state index < -0.39 is 18.2 Å². The van der Waals surface area contributed by atoms with Crippen molar-refractivity contribution in [3.05, 3.63) is 59.7 Å². The summed E-state index contributed by atoms with van der Waals surface area (Å²) in [6, 6.07) is 5.58. The zero-order valence-electron chi connectivity index (χ0n) is 10.1. The molecule has 3 nitrogen and oxygen atoms in total. The Labute approximate surface area is 112 Å². The lowest BCUT2D eigenvalue weighted by Crippen LogP contribution is -2.17. The molecule has 1 aromatic carbocycles. The van der Waals surface area contributed by atoms with Crippen LogP contribution < -0.4 is 10.5 Å². The van der Waals surface area contributed by atoms with Crippen molar-refractivity contribution in [2.24, 2.45) is 5.73 Å². The highest BCUT2D eigenvalue weighted by molar-refractivity contribution is 5.35. The highest BCUT2D eigenvalue weighted by atomic mass is 19.4. The van der Waals surface area contributed by atoms with Crippen molar-refractivity contribution < 1.29 is 22.3 Å². The van der Waals surface area contributed by atoms with Gasteiger partial charge in [-0.15, -0.1) is 13.2 Å². The Balaban J connectivity index is 2.20. The molecular weight excluding hydrogens is 276 g/mol. The van der Waals surface area contributed by atoms with E-state index in [1.54, 1.807) is 0 Å². The molecule has 0 aliphatic carbocycles. The van der Waals surface area contributed by atoms with Gasteiger partial charge in [-0.1, -0.05) is 12.1 Å². The van der Waals surface area contributed by atoms with Gasteiger partial charge in [0.2, 0.25) is 0 Å². The van der Waals surface area contributed by atoms with E-state index in [0.717, 1.165) is 18.3 Å². The Bertz CT molecular complexity index is 584. The Morgan fingerprint density at radius 1 is 1.10 bits per heavy atom. The number of aromatic nitrogens is 1. The van der Waals surface area contributed by atoms with Crippen LogP contribution in [0, 0.1) is 5.82 Å². The van der Waals surface area contributed by atoms with E-state index in [1.807, 2.05) is 0 Å². The Hall–Kier alpha value is -2.15. The maximum atomic E-state index is 13.5. The number of alkyl halides is 3. The molecular formula is C13H10F4N2O. The van der Waals surface area contributed by atoms with Crippen molar-refractivity contribution in [1.82, 2.24) is 4.98 Å². The average molecular weight is 286 g/mol. The van der Waals surface area contributed by atoms with E-state index >= 15 is 0 Å². The molecule has 1 unspecified atom stereocenters. The number of nitrogens with zero attached hydrogens (tertiary/aromatic N) is 1. The Morgan fingerprint density at radius 3 is 2.30 bits per heavy atom. The molecule has 0 aliphatic heterocycles. The fourth-order valence-electron chi connectivity index (χ4n) is 1.69. The molecule has 0 spiro atoms. The molecule has 0 bridgehead atoms. The van der Waals surface area contributed by atoms with Crippen LogP contribution in [0.2, 0.25) is 0 Å². The van der Waals surface area contributed by atoms with Gasteiger partial charge in [0.15, 0.2) is 0 Å². The number of hydrogen-bond acceptors (Lipinski definition) is 3. The SMILES string of the molecule is NC(c1ccc(OC(F)(F)F)cc1)c1ccncc1F. The minimum absolute atomic E-state index is 0.212. The van der Waals surface area contributed by atoms with Crippen molar-refractivity contribution in [2.75, 3.05) is 0 Å². The number of nitrogens with two attached hydrogens (primary N) is 1. The molecule has 20 heavy (non-hydrogen) atoms. The lowest BCUT2D eigenvalue weighted by Gasteiger charge is -2.14. The van der Waals surface area contributed by atoms with Crippen LogP contribution in [0.3, 0.4) is 0 Å². The average Bonchev–Trinajstić information content (AvgIpc) is 2.37. The number of rotatable bonds is 3. The molecule has 0 amide bonds. The fourth-order valence-corrected chi connectivity index (χ4v) is 1.69. The van der Waals surface area contributed by atoms with Crippen molar-refractivity contribution >= 4 is 0 Å². The van der Waals surface area contributed by atoms with Gasteiger partial charge >= 0.3 is 6.36 Å². The molecule has 2 aromatic rings. The number of ether oxygens (including phenoxy) is 1. The normalized spacial score (nSPS) is 13.1. The van der Waals surface area contributed by atoms with Crippen LogP contribution in [-0.2, 0) is 0 Å². The Kier molecular flexibility index (Phi) is 3.89. The van der Waals surface area contributed by atoms with Crippen LogP contribution in [0.15, 0.2) is 42.7 Å². The van der Waals surface area contributed by atoms with E-state index in [4.69, 9.17) is 5.73 Å². The van der Waals surface area contributed by atoms with E-state index in [1.165, 1.54) is 24.4 Å². The van der Waals surface area contributed by atoms with E-state index in [2.05, 4.69) is 9.72 Å². The number of halogens is 4. The summed E-state index contributed by atoms with van der Waals surface area (Å²) in [5.74, 6) is -0.931. The first-order chi connectivity index (χ1) is 9.37. The van der Waals surface area contributed by atoms with Gasteiger partial charge in [0, 0.05) is 11.8 Å². The van der Waals surface area contributed by atoms with Gasteiger partial charge < -0.3 is 10.5 Å². The zero-order valence-corrected chi connectivity index (χ0v) is 10.1. The standard InChI is InChI=1S/C13H10F4N2O/c14-11-7-19-6-5-10(11)12(18)8-1-3-9(4-2-8)20-13(15,16)17/h1-7,12H,18H2. The van der Waals surface area contributed by atoms with Crippen molar-refractivity contribution in [2.45, 2.75) is 12.4 Å². The molecule has 1 aromatic heterocycles. The topological polar surface area (TPSA) is 48.1 Å². The third kappa shape index (κ3) is 3.45. The summed E-state index contributed by atoms with van der Waals surface area (Å²) < 4.78 is 53.3. The van der Waals surface area contributed by atoms with Crippen LogP contribution in [0.5, 0.6) is 5.75 Å². The lowest BCUT2D eigenvalue weighted by molar-refractivity contribution is -0.274. The van der Waals surface area contributed by atoms with Gasteiger partial charge in [0.1, 0.15) is 11.6 Å². The predicted octanol–water partition coefficient (Wildman–Crippen LogP) is 3.17. The highest BCUT2D eigenvalue weighted by Gasteiger charge is 2.31. The second-order valence-electron chi connectivity index (χ2n) is 3.99. The summed E-state index contributed by atoms with van der Waals surface area (Å²) in [5.41, 5.74) is 6.54. The summed E-state index contributed by atoms with van der Waals surface area (Å²) in [7, 11) is 0. The number of pyridine rings is 1. The van der Waals surface area contributed by atoms with Gasteiger partial charge in [0.25, 0.3) is 0 Å². The summed E-state index contributed by atoms with van der Waals surface area (Å²) in [5, 5.41) is 0. The maximum Gasteiger partial charge on any atom is 0.573 e. The van der Waals surface area contributed by atoms with Crippen LogP contribution in [0.25, 0.3) is 0 Å². The lowest BCUT2D eigenvalue weighted by atomic mass is 10.0. The van der Waals surface area contributed by atoms with Crippen molar-refractivity contribution in [3.63, 3.8) is 0 Å². The van der Waals surface area contributed by atoms with Gasteiger partial charge in [-0.05, 0) is 23.8 Å². The molecule has 0 saturated carbocycles. The van der Waals surface area contributed by atoms with Crippen molar-refractivity contribution in [3.8, 4) is 5.75 Å². The molecule has 2 N–H and O–H groups in total. The quantitative estimate of drug-likeness (QED) is 0.882. The molecule has 2 rings (SSSR count). The second-order valence-corrected chi connectivity index (χ2v) is 3.99. The largest absolute Gasteiger partial charge is 0.573 e. The summed E-state index contributed by atoms with van der Waals surface area (Å²) >= 11 is 0. The molecule has 0 fully saturated rings. The van der Waals surface area contributed by atoms with Crippen molar-refractivity contribution in [1.29, 1.82) is 0 Å². The van der Waals surface area contributed by atoms with Crippen LogP contribution in [0.1, 0.15) is 17.2 Å². The molecule has 0 saturated heterocycles. The summed E-state index contributed by atoms with van der Waals surface area (Å²) in [6.45, 7) is 0. The second kappa shape index (κ2) is 5.46. The molecule has 1 atom stereocenters. The first kappa shape index (κ1) is 14.3. The van der Waals surface area contributed by atoms with Gasteiger partial charge in [-0.3, -0.25) is 4.98 Å². The minimum Gasteiger partial charge on any atom is -0.406 e. The zero-order chi connectivity index (χ0) is 14.8. The fraction of sp³-hybridized carbons (Fsp3) is 0.154. The molecule has 7 heteroatoms. The summed E-state index contributed by atoms with van der Waals surface area (Å²) in [4.78, 5) is 3.60. The minimum atomic E-state index is -4.75. The maximum absolute atomic E-state index is 13.5. The van der Waals surface area contributed by atoms with E-state index in [9.17, 15) is 17.6 Å². The van der Waals surface area contributed by atoms with Crippen LogP contribution in [0.4, 0.5) is 17.6 Å². The molecule has 0 radical (unpaired) electrons. The first-order valence-corrected chi connectivity index (χ1v) is 5.57. The van der Waals surface area contributed by atoms with Gasteiger partial charge in [-0.25, -0.2) is 4.39 Å². The monoisotopic (exact) mass is 286 g/mol. The van der Waals surface area contributed by atoms with Crippen LogP contribution in [-0.4, -0.2) is 11.3 Å². The molecule has 1 heterocycles. The van der Waals surface area contributed by atoms with Gasteiger partial charge in [0.05, 0.1) is 12.2 Å². The first-order valence-electron chi connectivity index (χ1n) is 5.57. The molecule has 0 aliphatic rings. The number of hydrogen-bond donors (Lipinski definition) is 1. The Morgan fingerprint density at radius 2 is 1.75 bits per heavy atom. The van der Waals surface area contributed by atoms with E-state index in [-0.39, 0.29) is 11.3 Å².